The van der Waals surface area contributed by atoms with Crippen LogP contribution in [-0.2, 0) is 17.1 Å². The van der Waals surface area contributed by atoms with Crippen molar-refractivity contribution in [2.24, 2.45) is 0 Å². The number of hydrogen-bond donors (Lipinski definition) is 1. The van der Waals surface area contributed by atoms with E-state index >= 15 is 0 Å². The first-order valence-electron chi connectivity index (χ1n) is 8.95. The molecule has 0 saturated heterocycles. The Labute approximate surface area is 159 Å². The molecule has 0 aliphatic rings. The highest BCUT2D eigenvalue weighted by atomic mass is 32.2. The van der Waals surface area contributed by atoms with Crippen LogP contribution in [0.2, 0.25) is 0 Å². The smallest absolute Gasteiger partial charge is 0.230 e. The SMILES string of the molecule is Cc1ccc(CSCC(=O)NCCCn2c(C)nc3ccccc32)cc1. The van der Waals surface area contributed by atoms with Crippen LogP contribution >= 0.6 is 11.8 Å². The fourth-order valence-corrected chi connectivity index (χ4v) is 3.76. The molecule has 0 saturated carbocycles. The van der Waals surface area contributed by atoms with Crippen LogP contribution in [0.25, 0.3) is 11.0 Å². The highest BCUT2D eigenvalue weighted by molar-refractivity contribution is 7.99. The Hall–Kier alpha value is -2.27. The van der Waals surface area contributed by atoms with Crippen molar-refractivity contribution in [3.8, 4) is 0 Å². The van der Waals surface area contributed by atoms with Crippen molar-refractivity contribution in [2.45, 2.75) is 32.6 Å². The van der Waals surface area contributed by atoms with E-state index in [1.54, 1.807) is 11.8 Å². The van der Waals surface area contributed by atoms with Crippen LogP contribution in [0.4, 0.5) is 0 Å². The molecule has 0 bridgehead atoms. The van der Waals surface area contributed by atoms with Gasteiger partial charge in [-0.3, -0.25) is 4.79 Å². The maximum atomic E-state index is 12.0. The van der Waals surface area contributed by atoms with Crippen molar-refractivity contribution in [1.82, 2.24) is 14.9 Å². The molecule has 136 valence electrons. The summed E-state index contributed by atoms with van der Waals surface area (Å²) in [6, 6.07) is 16.6. The summed E-state index contributed by atoms with van der Waals surface area (Å²) in [6.07, 6.45) is 0.898. The van der Waals surface area contributed by atoms with E-state index in [0.717, 1.165) is 35.6 Å². The third-order valence-electron chi connectivity index (χ3n) is 4.35. The van der Waals surface area contributed by atoms with Gasteiger partial charge in [0.1, 0.15) is 5.82 Å². The second-order valence-electron chi connectivity index (χ2n) is 6.48. The Kier molecular flexibility index (Phi) is 6.34. The number of nitrogens with one attached hydrogen (secondary N) is 1. The molecule has 0 aliphatic carbocycles. The average Bonchev–Trinajstić information content (AvgIpc) is 2.96. The largest absolute Gasteiger partial charge is 0.355 e. The van der Waals surface area contributed by atoms with Gasteiger partial charge in [0, 0.05) is 18.8 Å². The number of nitrogens with zero attached hydrogens (tertiary/aromatic N) is 2. The van der Waals surface area contributed by atoms with Crippen molar-refractivity contribution >= 4 is 28.7 Å². The number of hydrogen-bond acceptors (Lipinski definition) is 3. The normalized spacial score (nSPS) is 11.0. The number of carbonyl (C=O) groups is 1. The molecule has 0 atom stereocenters. The maximum Gasteiger partial charge on any atom is 0.230 e. The van der Waals surface area contributed by atoms with Gasteiger partial charge in [0.15, 0.2) is 0 Å². The van der Waals surface area contributed by atoms with E-state index in [1.165, 1.54) is 11.1 Å². The third-order valence-corrected chi connectivity index (χ3v) is 5.35. The molecule has 4 nitrogen and oxygen atoms in total. The lowest BCUT2D eigenvalue weighted by molar-refractivity contribution is -0.118. The predicted molar refractivity (Wildman–Crippen MR) is 109 cm³/mol. The van der Waals surface area contributed by atoms with E-state index < -0.39 is 0 Å². The zero-order valence-electron chi connectivity index (χ0n) is 15.4. The highest BCUT2D eigenvalue weighted by Crippen LogP contribution is 2.16. The van der Waals surface area contributed by atoms with Crippen molar-refractivity contribution in [3.63, 3.8) is 0 Å². The molecule has 3 rings (SSSR count). The third kappa shape index (κ3) is 4.88. The van der Waals surface area contributed by atoms with E-state index in [4.69, 9.17) is 0 Å². The number of rotatable bonds is 8. The summed E-state index contributed by atoms with van der Waals surface area (Å²) in [5.74, 6) is 2.50. The lowest BCUT2D eigenvalue weighted by Gasteiger charge is -2.08. The summed E-state index contributed by atoms with van der Waals surface area (Å²) in [5.41, 5.74) is 4.71. The molecule has 0 radical (unpaired) electrons. The zero-order valence-corrected chi connectivity index (χ0v) is 16.2. The van der Waals surface area contributed by atoms with Gasteiger partial charge in [-0.05, 0) is 38.0 Å². The first-order chi connectivity index (χ1) is 12.6. The van der Waals surface area contributed by atoms with Crippen LogP contribution in [0.15, 0.2) is 48.5 Å². The van der Waals surface area contributed by atoms with Crippen LogP contribution in [0.3, 0.4) is 0 Å². The van der Waals surface area contributed by atoms with Crippen molar-refractivity contribution in [1.29, 1.82) is 0 Å². The molecule has 1 aromatic heterocycles. The number of imidazole rings is 1. The molecule has 0 aliphatic heterocycles. The monoisotopic (exact) mass is 367 g/mol. The molecule has 1 N–H and O–H groups in total. The van der Waals surface area contributed by atoms with Gasteiger partial charge in [-0.2, -0.15) is 0 Å². The number of aromatic nitrogens is 2. The second kappa shape index (κ2) is 8.90. The molecule has 3 aromatic rings. The van der Waals surface area contributed by atoms with Crippen LogP contribution in [-0.4, -0.2) is 27.8 Å². The number of carbonyl (C=O) groups excluding carboxylic acids is 1. The van der Waals surface area contributed by atoms with Gasteiger partial charge in [-0.1, -0.05) is 42.0 Å². The summed E-state index contributed by atoms with van der Waals surface area (Å²) in [5, 5.41) is 3.01. The fourth-order valence-electron chi connectivity index (χ4n) is 2.94. The molecule has 5 heteroatoms. The van der Waals surface area contributed by atoms with E-state index in [9.17, 15) is 4.79 Å². The molecule has 0 fully saturated rings. The Morgan fingerprint density at radius 3 is 2.69 bits per heavy atom. The standard InChI is InChI=1S/C21H25N3OS/c1-16-8-10-18(11-9-16)14-26-15-21(25)22-12-5-13-24-17(2)23-19-6-3-4-7-20(19)24/h3-4,6-11H,5,12-15H2,1-2H3,(H,22,25). The summed E-state index contributed by atoms with van der Waals surface area (Å²) in [6.45, 7) is 5.66. The number of benzene rings is 2. The van der Waals surface area contributed by atoms with E-state index in [-0.39, 0.29) is 5.91 Å². The van der Waals surface area contributed by atoms with Gasteiger partial charge in [-0.15, -0.1) is 11.8 Å². The number of amides is 1. The van der Waals surface area contributed by atoms with Gasteiger partial charge < -0.3 is 9.88 Å². The summed E-state index contributed by atoms with van der Waals surface area (Å²) in [7, 11) is 0. The van der Waals surface area contributed by atoms with Gasteiger partial charge in [0.05, 0.1) is 16.8 Å². The first kappa shape index (κ1) is 18.5. The van der Waals surface area contributed by atoms with Gasteiger partial charge >= 0.3 is 0 Å². The van der Waals surface area contributed by atoms with Crippen molar-refractivity contribution in [2.75, 3.05) is 12.3 Å². The Bertz CT molecular complexity index is 871. The van der Waals surface area contributed by atoms with E-state index in [2.05, 4.69) is 52.1 Å². The van der Waals surface area contributed by atoms with E-state index in [0.29, 0.717) is 12.3 Å². The first-order valence-corrected chi connectivity index (χ1v) is 10.1. The Morgan fingerprint density at radius 1 is 1.12 bits per heavy atom. The van der Waals surface area contributed by atoms with Crippen molar-refractivity contribution < 1.29 is 4.79 Å². The van der Waals surface area contributed by atoms with Crippen LogP contribution in [0.1, 0.15) is 23.4 Å². The fraction of sp³-hybridized carbons (Fsp3) is 0.333. The molecule has 2 aromatic carbocycles. The van der Waals surface area contributed by atoms with Gasteiger partial charge in [-0.25, -0.2) is 4.98 Å². The lowest BCUT2D eigenvalue weighted by atomic mass is 10.2. The van der Waals surface area contributed by atoms with Gasteiger partial charge in [0.25, 0.3) is 0 Å². The minimum atomic E-state index is 0.106. The predicted octanol–water partition coefficient (Wildman–Crippen LogP) is 4.09. The molecular weight excluding hydrogens is 342 g/mol. The minimum absolute atomic E-state index is 0.106. The van der Waals surface area contributed by atoms with Crippen LogP contribution in [0.5, 0.6) is 0 Å². The summed E-state index contributed by atoms with van der Waals surface area (Å²) >= 11 is 1.65. The zero-order chi connectivity index (χ0) is 18.4. The number of para-hydroxylation sites is 2. The Morgan fingerprint density at radius 2 is 1.88 bits per heavy atom. The minimum Gasteiger partial charge on any atom is -0.355 e. The lowest BCUT2D eigenvalue weighted by Crippen LogP contribution is -2.27. The van der Waals surface area contributed by atoms with Crippen LogP contribution < -0.4 is 5.32 Å². The number of fused-ring (bicyclic) bond motifs is 1. The van der Waals surface area contributed by atoms with Gasteiger partial charge in [0.2, 0.25) is 5.91 Å². The van der Waals surface area contributed by atoms with Crippen molar-refractivity contribution in [3.05, 3.63) is 65.5 Å². The topological polar surface area (TPSA) is 46.9 Å². The molecule has 0 unspecified atom stereocenters. The van der Waals surface area contributed by atoms with Crippen LogP contribution in [0, 0.1) is 13.8 Å². The maximum absolute atomic E-state index is 12.0. The highest BCUT2D eigenvalue weighted by Gasteiger charge is 2.06. The molecule has 1 amide bonds. The molecule has 1 heterocycles. The molecule has 26 heavy (non-hydrogen) atoms. The quantitative estimate of drug-likeness (QED) is 0.610. The summed E-state index contributed by atoms with van der Waals surface area (Å²) in [4.78, 5) is 16.6. The Balaban J connectivity index is 1.37. The van der Waals surface area contributed by atoms with E-state index in [1.807, 2.05) is 25.1 Å². The molecular formula is C21H25N3OS. The molecule has 0 spiro atoms. The number of thioether (sulfide) groups is 1. The second-order valence-corrected chi connectivity index (χ2v) is 7.47. The average molecular weight is 368 g/mol. The number of aryl methyl sites for hydroxylation is 3. The summed E-state index contributed by atoms with van der Waals surface area (Å²) < 4.78 is 2.22.